The van der Waals surface area contributed by atoms with E-state index in [-0.39, 0.29) is 29.7 Å². The maximum atomic E-state index is 13.4. The molecule has 0 N–H and O–H groups in total. The van der Waals surface area contributed by atoms with Crippen LogP contribution in [0, 0.1) is 11.8 Å². The first-order valence-corrected chi connectivity index (χ1v) is 13.3. The maximum Gasteiger partial charge on any atom is 0.236 e. The molecule has 0 radical (unpaired) electrons. The first-order valence-electron chi connectivity index (χ1n) is 13.3. The second-order valence-electron chi connectivity index (χ2n) is 10.1. The first kappa shape index (κ1) is 25.6. The minimum Gasteiger partial charge on any atom is -0.381 e. The molecule has 1 unspecified atom stereocenters. The number of ether oxygens (including phenoxy) is 1. The minimum absolute atomic E-state index is 0.0505. The van der Waals surface area contributed by atoms with Crippen LogP contribution in [-0.4, -0.2) is 72.1 Å². The summed E-state index contributed by atoms with van der Waals surface area (Å²) in [6.45, 7) is 11.7. The average molecular weight is 480 g/mol. The van der Waals surface area contributed by atoms with Gasteiger partial charge in [0.2, 0.25) is 11.8 Å². The quantitative estimate of drug-likeness (QED) is 0.431. The second-order valence-corrected chi connectivity index (χ2v) is 10.1. The number of carbonyl (C=O) groups excluding carboxylic acids is 2. The molecule has 1 aromatic heterocycles. The van der Waals surface area contributed by atoms with Crippen LogP contribution in [0.15, 0.2) is 36.6 Å². The van der Waals surface area contributed by atoms with Gasteiger partial charge in [0.15, 0.2) is 0 Å². The molecule has 1 amide bonds. The van der Waals surface area contributed by atoms with E-state index >= 15 is 0 Å². The predicted octanol–water partition coefficient (Wildman–Crippen LogP) is 4.36. The fourth-order valence-electron chi connectivity index (χ4n) is 5.90. The van der Waals surface area contributed by atoms with Crippen molar-refractivity contribution in [2.45, 2.75) is 58.4 Å². The Kier molecular flexibility index (Phi) is 8.45. The summed E-state index contributed by atoms with van der Waals surface area (Å²) in [5.74, 6) is 0.272. The molecule has 0 aromatic carbocycles. The summed E-state index contributed by atoms with van der Waals surface area (Å²) in [4.78, 5) is 31.1. The van der Waals surface area contributed by atoms with Gasteiger partial charge in [-0.25, -0.2) is 0 Å². The van der Waals surface area contributed by atoms with Gasteiger partial charge < -0.3 is 9.64 Å². The molecule has 6 nitrogen and oxygen atoms in total. The van der Waals surface area contributed by atoms with E-state index in [0.29, 0.717) is 13.2 Å². The van der Waals surface area contributed by atoms with E-state index in [1.54, 1.807) is 6.08 Å². The number of allylic oxidation sites excluding steroid dienone is 2. The molecule has 3 aliphatic rings. The van der Waals surface area contributed by atoms with E-state index in [1.165, 1.54) is 16.7 Å². The normalized spacial score (nSPS) is 24.9. The summed E-state index contributed by atoms with van der Waals surface area (Å²) >= 11 is 0. The van der Waals surface area contributed by atoms with Crippen molar-refractivity contribution in [3.05, 3.63) is 53.4 Å². The zero-order valence-corrected chi connectivity index (χ0v) is 21.7. The summed E-state index contributed by atoms with van der Waals surface area (Å²) in [6.07, 6.45) is 15.3. The minimum atomic E-state index is -0.0747. The van der Waals surface area contributed by atoms with Crippen molar-refractivity contribution in [3.8, 4) is 0 Å². The lowest BCUT2D eigenvalue weighted by atomic mass is 9.95. The Bertz CT molecular complexity index is 999. The summed E-state index contributed by atoms with van der Waals surface area (Å²) in [6, 6.07) is 0.257. The molecule has 1 aromatic rings. The molecule has 3 atom stereocenters. The van der Waals surface area contributed by atoms with Crippen molar-refractivity contribution in [1.82, 2.24) is 14.4 Å². The van der Waals surface area contributed by atoms with Crippen LogP contribution in [0.4, 0.5) is 0 Å². The summed E-state index contributed by atoms with van der Waals surface area (Å²) in [5, 5.41) is 0. The highest BCUT2D eigenvalue weighted by atomic mass is 16.5. The number of hydrogen-bond acceptors (Lipinski definition) is 4. The van der Waals surface area contributed by atoms with Crippen molar-refractivity contribution in [2.24, 2.45) is 11.8 Å². The number of amides is 1. The Hall–Kier alpha value is -2.44. The predicted molar refractivity (Wildman–Crippen MR) is 140 cm³/mol. The van der Waals surface area contributed by atoms with Crippen molar-refractivity contribution < 1.29 is 14.3 Å². The largest absolute Gasteiger partial charge is 0.381 e. The van der Waals surface area contributed by atoms with E-state index in [0.717, 1.165) is 63.9 Å². The van der Waals surface area contributed by atoms with Crippen LogP contribution in [0.5, 0.6) is 0 Å². The Labute approximate surface area is 210 Å². The zero-order valence-electron chi connectivity index (χ0n) is 21.7. The van der Waals surface area contributed by atoms with Crippen molar-refractivity contribution in [2.75, 3.05) is 39.9 Å². The van der Waals surface area contributed by atoms with Crippen LogP contribution in [0.2, 0.25) is 0 Å². The lowest BCUT2D eigenvalue weighted by Crippen LogP contribution is -2.37. The van der Waals surface area contributed by atoms with Crippen LogP contribution in [0.1, 0.15) is 61.1 Å². The van der Waals surface area contributed by atoms with E-state index < -0.39 is 0 Å². The third kappa shape index (κ3) is 5.39. The molecule has 3 heterocycles. The Morgan fingerprint density at radius 3 is 2.77 bits per heavy atom. The summed E-state index contributed by atoms with van der Waals surface area (Å²) in [5.41, 5.74) is 4.84. The molecule has 35 heavy (non-hydrogen) atoms. The van der Waals surface area contributed by atoms with Gasteiger partial charge in [0.1, 0.15) is 0 Å². The molecule has 0 bridgehead atoms. The van der Waals surface area contributed by atoms with Gasteiger partial charge in [-0.05, 0) is 76.2 Å². The van der Waals surface area contributed by atoms with Gasteiger partial charge in [0, 0.05) is 31.9 Å². The van der Waals surface area contributed by atoms with Crippen molar-refractivity contribution >= 4 is 17.9 Å². The van der Waals surface area contributed by atoms with E-state index in [2.05, 4.69) is 44.6 Å². The van der Waals surface area contributed by atoms with Crippen molar-refractivity contribution in [1.29, 1.82) is 0 Å². The molecular weight excluding hydrogens is 438 g/mol. The molecule has 6 heteroatoms. The number of carbonyl (C=O) groups is 2. The molecule has 4 rings (SSSR count). The van der Waals surface area contributed by atoms with Gasteiger partial charge in [0.25, 0.3) is 0 Å². The lowest BCUT2D eigenvalue weighted by molar-refractivity contribution is -0.134. The lowest BCUT2D eigenvalue weighted by Gasteiger charge is -2.27. The highest BCUT2D eigenvalue weighted by Crippen LogP contribution is 2.35. The topological polar surface area (TPSA) is 54.8 Å². The van der Waals surface area contributed by atoms with Crippen LogP contribution in [0.25, 0.3) is 6.08 Å². The van der Waals surface area contributed by atoms with Gasteiger partial charge in [0.05, 0.1) is 24.1 Å². The van der Waals surface area contributed by atoms with Crippen LogP contribution in [-0.2, 0) is 22.4 Å². The van der Waals surface area contributed by atoms with Crippen molar-refractivity contribution in [3.63, 3.8) is 0 Å². The third-order valence-electron chi connectivity index (χ3n) is 7.90. The molecule has 0 spiro atoms. The number of nitrogens with zero attached hydrogens (tertiary/aromatic N) is 3. The average Bonchev–Trinajstić information content (AvgIpc) is 3.44. The maximum absolute atomic E-state index is 13.4. The molecule has 190 valence electrons. The second kappa shape index (κ2) is 11.5. The molecule has 1 saturated heterocycles. The monoisotopic (exact) mass is 479 g/mol. The van der Waals surface area contributed by atoms with Gasteiger partial charge in [-0.1, -0.05) is 37.3 Å². The Morgan fingerprint density at radius 2 is 2.09 bits per heavy atom. The van der Waals surface area contributed by atoms with E-state index in [1.807, 2.05) is 21.6 Å². The summed E-state index contributed by atoms with van der Waals surface area (Å²) in [7, 11) is 2.18. The Balaban J connectivity index is 1.65. The summed E-state index contributed by atoms with van der Waals surface area (Å²) < 4.78 is 7.36. The van der Waals surface area contributed by atoms with Crippen LogP contribution < -0.4 is 0 Å². The highest BCUT2D eigenvalue weighted by molar-refractivity contribution is 5.85. The van der Waals surface area contributed by atoms with Gasteiger partial charge in [-0.3, -0.25) is 19.1 Å². The van der Waals surface area contributed by atoms with Gasteiger partial charge in [-0.2, -0.15) is 0 Å². The number of hydrogen-bond donors (Lipinski definition) is 0. The van der Waals surface area contributed by atoms with E-state index in [9.17, 15) is 9.59 Å². The zero-order chi connectivity index (χ0) is 24.9. The van der Waals surface area contributed by atoms with Crippen LogP contribution >= 0.6 is 0 Å². The fraction of sp³-hybridized carbons (Fsp3) is 0.586. The molecular formula is C29H41N3O3. The molecule has 0 saturated carbocycles. The first-order chi connectivity index (χ1) is 17.0. The van der Waals surface area contributed by atoms with Crippen LogP contribution in [0.3, 0.4) is 0 Å². The number of likely N-dealkylation sites (N-methyl/N-ethyl adjacent to an activating group) is 1. The molecule has 1 aliphatic carbocycles. The smallest absolute Gasteiger partial charge is 0.236 e. The molecule has 2 aliphatic heterocycles. The van der Waals surface area contributed by atoms with Gasteiger partial charge >= 0.3 is 0 Å². The fourth-order valence-corrected chi connectivity index (χ4v) is 5.90. The third-order valence-corrected chi connectivity index (χ3v) is 7.90. The Morgan fingerprint density at radius 1 is 1.26 bits per heavy atom. The number of fused-ring (bicyclic) bond motifs is 2. The highest BCUT2D eigenvalue weighted by Gasteiger charge is 2.34. The molecule has 1 fully saturated rings. The number of rotatable bonds is 7. The SMILES string of the molecule is C=C/C=C\c1c2c(cn1C(=O)C1CCOC1)C[C@@H]1C(=C[C@@H](C(=O)N(CC)CCC)CCN1C)CC2. The standard InChI is InChI=1S/C29H41N3O3/c1-5-8-9-26-25-11-10-21-17-22(28(33)31(7-3)14-6-2)12-15-30(4)27(21)18-24(25)19-32(26)29(34)23-13-16-35-20-23/h5,8-9,17,19,22-23,27H,1,6-7,10-16,18,20H2,2-4H3/b9-8-/t22-,23?,27+/m0/s1. The number of aromatic nitrogens is 1. The van der Waals surface area contributed by atoms with E-state index in [4.69, 9.17) is 4.74 Å². The van der Waals surface area contributed by atoms with Gasteiger partial charge in [-0.15, -0.1) is 0 Å².